The number of hydrogen-bond donors (Lipinski definition) is 3. The van der Waals surface area contributed by atoms with Crippen LogP contribution >= 0.6 is 0 Å². The first-order valence-electron chi connectivity index (χ1n) is 8.55. The van der Waals surface area contributed by atoms with Gasteiger partial charge in [-0.15, -0.1) is 0 Å². The summed E-state index contributed by atoms with van der Waals surface area (Å²) in [7, 11) is 0. The highest BCUT2D eigenvalue weighted by molar-refractivity contribution is 5.94. The van der Waals surface area contributed by atoms with Gasteiger partial charge in [-0.3, -0.25) is 9.89 Å². The summed E-state index contributed by atoms with van der Waals surface area (Å²) in [6, 6.07) is 7.75. The lowest BCUT2D eigenvalue weighted by Crippen LogP contribution is -2.25. The fourth-order valence-electron chi connectivity index (χ4n) is 3.17. The number of amides is 1. The molecule has 8 heteroatoms. The number of H-pyrrole nitrogens is 2. The summed E-state index contributed by atoms with van der Waals surface area (Å²) in [5.74, 6) is -2.12. The van der Waals surface area contributed by atoms with Gasteiger partial charge in [0.1, 0.15) is 17.5 Å². The van der Waals surface area contributed by atoms with Crippen molar-refractivity contribution in [2.45, 2.75) is 6.42 Å². The quantitative estimate of drug-likeness (QED) is 0.488. The maximum Gasteiger partial charge on any atom is 0.254 e. The van der Waals surface area contributed by atoms with E-state index in [9.17, 15) is 18.0 Å². The Morgan fingerprint density at radius 1 is 1.07 bits per heavy atom. The van der Waals surface area contributed by atoms with E-state index in [0.29, 0.717) is 34.2 Å². The summed E-state index contributed by atoms with van der Waals surface area (Å²) in [4.78, 5) is 15.0. The van der Waals surface area contributed by atoms with Crippen LogP contribution in [0.15, 0.2) is 48.8 Å². The zero-order valence-electron chi connectivity index (χ0n) is 14.5. The van der Waals surface area contributed by atoms with E-state index in [0.717, 1.165) is 6.07 Å². The Kier molecular flexibility index (Phi) is 4.60. The van der Waals surface area contributed by atoms with E-state index in [1.54, 1.807) is 12.1 Å². The van der Waals surface area contributed by atoms with Crippen molar-refractivity contribution >= 4 is 16.8 Å². The van der Waals surface area contributed by atoms with Crippen LogP contribution in [-0.4, -0.2) is 27.6 Å². The normalized spacial score (nSPS) is 11.1. The average molecular weight is 384 g/mol. The second kappa shape index (κ2) is 7.22. The summed E-state index contributed by atoms with van der Waals surface area (Å²) < 4.78 is 41.3. The number of carbonyl (C=O) groups is 1. The molecule has 5 nitrogen and oxygen atoms in total. The Bertz CT molecular complexity index is 1130. The van der Waals surface area contributed by atoms with Gasteiger partial charge in [-0.1, -0.05) is 0 Å². The van der Waals surface area contributed by atoms with Crippen LogP contribution in [0.5, 0.6) is 0 Å². The molecule has 0 aliphatic carbocycles. The highest BCUT2D eigenvalue weighted by Crippen LogP contribution is 2.32. The zero-order valence-corrected chi connectivity index (χ0v) is 14.5. The molecule has 1 amide bonds. The molecule has 0 bridgehead atoms. The van der Waals surface area contributed by atoms with E-state index in [4.69, 9.17) is 0 Å². The summed E-state index contributed by atoms with van der Waals surface area (Å²) in [5, 5.41) is 9.40. The minimum atomic E-state index is -0.716. The number of nitrogens with zero attached hydrogens (tertiary/aromatic N) is 1. The predicted molar refractivity (Wildman–Crippen MR) is 98.2 cm³/mol. The average Bonchev–Trinajstić information content (AvgIpc) is 3.31. The van der Waals surface area contributed by atoms with Crippen molar-refractivity contribution in [3.8, 4) is 11.3 Å². The third-order valence-electron chi connectivity index (χ3n) is 4.49. The molecule has 0 saturated heterocycles. The number of benzene rings is 2. The van der Waals surface area contributed by atoms with Crippen LogP contribution in [0.1, 0.15) is 15.9 Å². The second-order valence-electron chi connectivity index (χ2n) is 6.29. The summed E-state index contributed by atoms with van der Waals surface area (Å²) >= 11 is 0. The molecule has 28 heavy (non-hydrogen) atoms. The van der Waals surface area contributed by atoms with Gasteiger partial charge in [0.05, 0.1) is 17.3 Å². The number of hydrogen-bond acceptors (Lipinski definition) is 2. The minimum absolute atomic E-state index is 0.164. The molecule has 0 radical (unpaired) electrons. The SMILES string of the molecule is O=C(NCCc1c(-c2ccc(F)cc2)[nH]c2c(F)cc(F)cc12)c1cn[nH]c1. The zero-order chi connectivity index (χ0) is 19.7. The van der Waals surface area contributed by atoms with Crippen LogP contribution < -0.4 is 5.32 Å². The molecule has 2 aromatic carbocycles. The van der Waals surface area contributed by atoms with Gasteiger partial charge in [0.15, 0.2) is 0 Å². The van der Waals surface area contributed by atoms with Gasteiger partial charge in [-0.25, -0.2) is 13.2 Å². The van der Waals surface area contributed by atoms with Gasteiger partial charge in [-0.05, 0) is 47.9 Å². The van der Waals surface area contributed by atoms with Crippen molar-refractivity contribution in [1.82, 2.24) is 20.5 Å². The molecule has 4 aromatic rings. The highest BCUT2D eigenvalue weighted by atomic mass is 19.1. The lowest BCUT2D eigenvalue weighted by molar-refractivity contribution is 0.0954. The lowest BCUT2D eigenvalue weighted by atomic mass is 10.0. The Hall–Kier alpha value is -3.55. The van der Waals surface area contributed by atoms with E-state index >= 15 is 0 Å². The Morgan fingerprint density at radius 2 is 1.86 bits per heavy atom. The number of rotatable bonds is 5. The molecule has 142 valence electrons. The number of aromatic amines is 2. The van der Waals surface area contributed by atoms with Crippen molar-refractivity contribution in [2.75, 3.05) is 6.54 Å². The van der Waals surface area contributed by atoms with Crippen LogP contribution in [0.3, 0.4) is 0 Å². The number of aromatic nitrogens is 3. The van der Waals surface area contributed by atoms with Crippen molar-refractivity contribution < 1.29 is 18.0 Å². The number of nitrogens with one attached hydrogen (secondary N) is 3. The van der Waals surface area contributed by atoms with Gasteiger partial charge in [0.25, 0.3) is 5.91 Å². The topological polar surface area (TPSA) is 73.6 Å². The van der Waals surface area contributed by atoms with Crippen molar-refractivity contribution in [2.24, 2.45) is 0 Å². The third-order valence-corrected chi connectivity index (χ3v) is 4.49. The number of halogens is 3. The second-order valence-corrected chi connectivity index (χ2v) is 6.29. The molecule has 0 aliphatic rings. The molecule has 0 aliphatic heterocycles. The molecule has 0 spiro atoms. The van der Waals surface area contributed by atoms with Gasteiger partial charge >= 0.3 is 0 Å². The molecule has 2 heterocycles. The van der Waals surface area contributed by atoms with Gasteiger partial charge in [-0.2, -0.15) is 5.10 Å². The van der Waals surface area contributed by atoms with E-state index in [1.165, 1.54) is 30.6 Å². The first-order chi connectivity index (χ1) is 13.5. The number of fused-ring (bicyclic) bond motifs is 1. The van der Waals surface area contributed by atoms with Crippen LogP contribution in [0.2, 0.25) is 0 Å². The summed E-state index contributed by atoms with van der Waals surface area (Å²) in [6.45, 7) is 0.239. The largest absolute Gasteiger partial charge is 0.352 e. The van der Waals surface area contributed by atoms with E-state index in [1.807, 2.05) is 0 Å². The molecule has 0 atom stereocenters. The molecule has 0 unspecified atom stereocenters. The molecular weight excluding hydrogens is 369 g/mol. The monoisotopic (exact) mass is 384 g/mol. The van der Waals surface area contributed by atoms with Gasteiger partial charge < -0.3 is 10.3 Å². The van der Waals surface area contributed by atoms with Crippen LogP contribution in [0.25, 0.3) is 22.2 Å². The van der Waals surface area contributed by atoms with Crippen LogP contribution in [0.4, 0.5) is 13.2 Å². The maximum atomic E-state index is 14.2. The first-order valence-corrected chi connectivity index (χ1v) is 8.55. The van der Waals surface area contributed by atoms with E-state index < -0.39 is 17.5 Å². The van der Waals surface area contributed by atoms with Crippen molar-refractivity contribution in [3.63, 3.8) is 0 Å². The Labute approximate surface area is 157 Å². The van der Waals surface area contributed by atoms with Gasteiger partial charge in [0, 0.05) is 29.9 Å². The first kappa shape index (κ1) is 17.8. The fourth-order valence-corrected chi connectivity index (χ4v) is 3.17. The summed E-state index contributed by atoms with van der Waals surface area (Å²) in [6.07, 6.45) is 3.19. The van der Waals surface area contributed by atoms with E-state index in [-0.39, 0.29) is 18.0 Å². The van der Waals surface area contributed by atoms with Gasteiger partial charge in [0.2, 0.25) is 0 Å². The van der Waals surface area contributed by atoms with Crippen LogP contribution in [0, 0.1) is 17.5 Å². The molecule has 3 N–H and O–H groups in total. The van der Waals surface area contributed by atoms with Crippen molar-refractivity contribution in [3.05, 3.63) is 77.4 Å². The maximum absolute atomic E-state index is 14.2. The Morgan fingerprint density at radius 3 is 2.57 bits per heavy atom. The Balaban J connectivity index is 1.69. The third kappa shape index (κ3) is 3.36. The molecule has 4 rings (SSSR count). The van der Waals surface area contributed by atoms with E-state index in [2.05, 4.69) is 20.5 Å². The predicted octanol–water partition coefficient (Wildman–Crippen LogP) is 3.95. The molecule has 0 fully saturated rings. The lowest BCUT2D eigenvalue weighted by Gasteiger charge is -2.07. The van der Waals surface area contributed by atoms with Crippen LogP contribution in [-0.2, 0) is 6.42 Å². The number of carbonyl (C=O) groups excluding carboxylic acids is 1. The highest BCUT2D eigenvalue weighted by Gasteiger charge is 2.17. The minimum Gasteiger partial charge on any atom is -0.352 e. The fraction of sp³-hybridized carbons (Fsp3) is 0.100. The molecule has 2 aromatic heterocycles. The van der Waals surface area contributed by atoms with Crippen molar-refractivity contribution in [1.29, 1.82) is 0 Å². The summed E-state index contributed by atoms with van der Waals surface area (Å²) in [5.41, 5.74) is 2.37. The molecular formula is C20H15F3N4O. The standard InChI is InChI=1S/C20H15F3N4O/c21-13-3-1-11(2-4-13)18-15(5-6-24-20(28)12-9-25-26-10-12)16-7-14(22)8-17(23)19(16)27-18/h1-4,7-10,27H,5-6H2,(H,24,28)(H,25,26). The smallest absolute Gasteiger partial charge is 0.254 e. The molecule has 0 saturated carbocycles.